The van der Waals surface area contributed by atoms with E-state index in [0.717, 1.165) is 25.7 Å². The summed E-state index contributed by atoms with van der Waals surface area (Å²) >= 11 is 5.92. The van der Waals surface area contributed by atoms with E-state index in [4.69, 9.17) is 11.6 Å². The smallest absolute Gasteiger partial charge is 0.313 e. The van der Waals surface area contributed by atoms with Crippen molar-refractivity contribution >= 4 is 29.1 Å². The first kappa shape index (κ1) is 13.9. The molecular weight excluding hydrogens is 264 g/mol. The van der Waals surface area contributed by atoms with Crippen LogP contribution in [0.25, 0.3) is 0 Å². The molecule has 0 atom stereocenters. The van der Waals surface area contributed by atoms with Gasteiger partial charge in [0.2, 0.25) is 0 Å². The number of para-hydroxylation sites is 1. The van der Waals surface area contributed by atoms with E-state index < -0.39 is 11.8 Å². The molecule has 0 spiro atoms. The average Bonchev–Trinajstić information content (AvgIpc) is 2.42. The first-order valence-electron chi connectivity index (χ1n) is 6.53. The van der Waals surface area contributed by atoms with Crippen LogP contribution in [0.15, 0.2) is 24.3 Å². The minimum Gasteiger partial charge on any atom is -0.345 e. The van der Waals surface area contributed by atoms with Crippen molar-refractivity contribution in [2.24, 2.45) is 0 Å². The number of halogens is 1. The van der Waals surface area contributed by atoms with Crippen LogP contribution < -0.4 is 10.6 Å². The molecule has 4 nitrogen and oxygen atoms in total. The Kier molecular flexibility index (Phi) is 4.80. The van der Waals surface area contributed by atoms with Crippen LogP contribution in [0, 0.1) is 0 Å². The molecule has 0 bridgehead atoms. The van der Waals surface area contributed by atoms with Gasteiger partial charge in [-0.1, -0.05) is 43.0 Å². The second-order valence-electron chi connectivity index (χ2n) is 4.74. The fourth-order valence-corrected chi connectivity index (χ4v) is 2.42. The summed E-state index contributed by atoms with van der Waals surface area (Å²) in [5.74, 6) is -1.26. The Labute approximate surface area is 117 Å². The van der Waals surface area contributed by atoms with Crippen molar-refractivity contribution < 1.29 is 9.59 Å². The summed E-state index contributed by atoms with van der Waals surface area (Å²) in [5.41, 5.74) is 0.452. The van der Waals surface area contributed by atoms with Gasteiger partial charge in [-0.2, -0.15) is 0 Å². The minimum atomic E-state index is -0.668. The SMILES string of the molecule is O=C(Nc1ccccc1Cl)C(=O)NC1CCCCC1. The van der Waals surface area contributed by atoms with Crippen LogP contribution in [0.3, 0.4) is 0 Å². The molecule has 1 aliphatic rings. The number of nitrogens with one attached hydrogen (secondary N) is 2. The third-order valence-corrected chi connectivity index (χ3v) is 3.60. The van der Waals surface area contributed by atoms with Crippen molar-refractivity contribution in [2.45, 2.75) is 38.1 Å². The van der Waals surface area contributed by atoms with Crippen molar-refractivity contribution in [3.63, 3.8) is 0 Å². The van der Waals surface area contributed by atoms with Crippen molar-refractivity contribution in [1.82, 2.24) is 5.32 Å². The zero-order chi connectivity index (χ0) is 13.7. The lowest BCUT2D eigenvalue weighted by Crippen LogP contribution is -2.42. The fraction of sp³-hybridized carbons (Fsp3) is 0.429. The van der Waals surface area contributed by atoms with E-state index in [9.17, 15) is 9.59 Å². The standard InChI is InChI=1S/C14H17ClN2O2/c15-11-8-4-5-9-12(11)17-14(19)13(18)16-10-6-2-1-3-7-10/h4-5,8-10H,1-3,6-7H2,(H,16,18)(H,17,19). The summed E-state index contributed by atoms with van der Waals surface area (Å²) in [7, 11) is 0. The van der Waals surface area contributed by atoms with Crippen LogP contribution in [-0.2, 0) is 9.59 Å². The molecule has 1 fully saturated rings. The van der Waals surface area contributed by atoms with Gasteiger partial charge in [0.25, 0.3) is 0 Å². The Morgan fingerprint density at radius 1 is 1.05 bits per heavy atom. The van der Waals surface area contributed by atoms with Crippen LogP contribution in [0.4, 0.5) is 5.69 Å². The number of rotatable bonds is 2. The van der Waals surface area contributed by atoms with E-state index >= 15 is 0 Å². The number of carbonyl (C=O) groups excluding carboxylic acids is 2. The molecule has 1 aliphatic carbocycles. The lowest BCUT2D eigenvalue weighted by Gasteiger charge is -2.22. The Hall–Kier alpha value is -1.55. The maximum atomic E-state index is 11.8. The maximum absolute atomic E-state index is 11.8. The van der Waals surface area contributed by atoms with Gasteiger partial charge < -0.3 is 10.6 Å². The molecule has 0 aliphatic heterocycles. The van der Waals surface area contributed by atoms with Gasteiger partial charge in [0.05, 0.1) is 10.7 Å². The van der Waals surface area contributed by atoms with E-state index in [0.29, 0.717) is 10.7 Å². The third kappa shape index (κ3) is 3.96. The normalized spacial score (nSPS) is 15.8. The van der Waals surface area contributed by atoms with E-state index in [1.807, 2.05) is 0 Å². The molecule has 0 radical (unpaired) electrons. The highest BCUT2D eigenvalue weighted by molar-refractivity contribution is 6.41. The van der Waals surface area contributed by atoms with Crippen LogP contribution in [-0.4, -0.2) is 17.9 Å². The Morgan fingerprint density at radius 2 is 1.74 bits per heavy atom. The number of anilines is 1. The summed E-state index contributed by atoms with van der Waals surface area (Å²) in [6.07, 6.45) is 5.32. The Balaban J connectivity index is 1.89. The molecule has 2 N–H and O–H groups in total. The van der Waals surface area contributed by atoms with Gasteiger partial charge in [-0.25, -0.2) is 0 Å². The maximum Gasteiger partial charge on any atom is 0.313 e. The monoisotopic (exact) mass is 280 g/mol. The van der Waals surface area contributed by atoms with Gasteiger partial charge in [0.15, 0.2) is 0 Å². The van der Waals surface area contributed by atoms with Gasteiger partial charge in [-0.05, 0) is 25.0 Å². The van der Waals surface area contributed by atoms with E-state index in [1.165, 1.54) is 6.42 Å². The molecule has 2 rings (SSSR count). The second-order valence-corrected chi connectivity index (χ2v) is 5.15. The Bertz CT molecular complexity index is 470. The second kappa shape index (κ2) is 6.57. The van der Waals surface area contributed by atoms with Crippen molar-refractivity contribution in [1.29, 1.82) is 0 Å². The molecule has 0 unspecified atom stereocenters. The highest BCUT2D eigenvalue weighted by Crippen LogP contribution is 2.20. The van der Waals surface area contributed by atoms with Gasteiger partial charge in [0, 0.05) is 6.04 Å². The van der Waals surface area contributed by atoms with Crippen LogP contribution in [0.2, 0.25) is 5.02 Å². The molecule has 1 aromatic carbocycles. The summed E-state index contributed by atoms with van der Waals surface area (Å²) in [4.78, 5) is 23.5. The first-order chi connectivity index (χ1) is 9.16. The molecule has 1 saturated carbocycles. The van der Waals surface area contributed by atoms with Crippen molar-refractivity contribution in [3.8, 4) is 0 Å². The third-order valence-electron chi connectivity index (χ3n) is 3.27. The van der Waals surface area contributed by atoms with Gasteiger partial charge in [0.1, 0.15) is 0 Å². The summed E-state index contributed by atoms with van der Waals surface area (Å²) in [6.45, 7) is 0. The highest BCUT2D eigenvalue weighted by atomic mass is 35.5. The number of benzene rings is 1. The predicted molar refractivity (Wildman–Crippen MR) is 75.1 cm³/mol. The summed E-state index contributed by atoms with van der Waals surface area (Å²) < 4.78 is 0. The van der Waals surface area contributed by atoms with E-state index in [-0.39, 0.29) is 6.04 Å². The zero-order valence-electron chi connectivity index (χ0n) is 10.6. The van der Waals surface area contributed by atoms with Crippen LogP contribution in [0.1, 0.15) is 32.1 Å². The molecule has 1 aromatic rings. The number of hydrogen-bond acceptors (Lipinski definition) is 2. The highest BCUT2D eigenvalue weighted by Gasteiger charge is 2.20. The molecule has 0 aromatic heterocycles. The molecule has 0 saturated heterocycles. The molecule has 102 valence electrons. The lowest BCUT2D eigenvalue weighted by atomic mass is 9.95. The molecule has 19 heavy (non-hydrogen) atoms. The van der Waals surface area contributed by atoms with E-state index in [2.05, 4.69) is 10.6 Å². The van der Waals surface area contributed by atoms with Gasteiger partial charge in [-0.15, -0.1) is 0 Å². The molecule has 2 amide bonds. The minimum absolute atomic E-state index is 0.123. The molecule has 0 heterocycles. The Morgan fingerprint density at radius 3 is 2.42 bits per heavy atom. The summed E-state index contributed by atoms with van der Waals surface area (Å²) in [5, 5.41) is 5.70. The largest absolute Gasteiger partial charge is 0.345 e. The quantitative estimate of drug-likeness (QED) is 0.819. The van der Waals surface area contributed by atoms with Crippen LogP contribution in [0.5, 0.6) is 0 Å². The summed E-state index contributed by atoms with van der Waals surface area (Å²) in [6, 6.07) is 6.96. The topological polar surface area (TPSA) is 58.2 Å². The number of amides is 2. The number of carbonyl (C=O) groups is 2. The number of hydrogen-bond donors (Lipinski definition) is 2. The van der Waals surface area contributed by atoms with Crippen molar-refractivity contribution in [3.05, 3.63) is 29.3 Å². The average molecular weight is 281 g/mol. The fourth-order valence-electron chi connectivity index (χ4n) is 2.24. The van der Waals surface area contributed by atoms with Crippen LogP contribution >= 0.6 is 11.6 Å². The van der Waals surface area contributed by atoms with Crippen molar-refractivity contribution in [2.75, 3.05) is 5.32 Å². The zero-order valence-corrected chi connectivity index (χ0v) is 11.4. The lowest BCUT2D eigenvalue weighted by molar-refractivity contribution is -0.136. The molecular formula is C14H17ClN2O2. The first-order valence-corrected chi connectivity index (χ1v) is 6.91. The predicted octanol–water partition coefficient (Wildman–Crippen LogP) is 2.73. The molecule has 5 heteroatoms. The van der Waals surface area contributed by atoms with Gasteiger partial charge in [-0.3, -0.25) is 9.59 Å². The van der Waals surface area contributed by atoms with Gasteiger partial charge >= 0.3 is 11.8 Å². The van der Waals surface area contributed by atoms with E-state index in [1.54, 1.807) is 24.3 Å².